The van der Waals surface area contributed by atoms with E-state index in [1.165, 1.54) is 43.5 Å². The molecule has 0 saturated heterocycles. The topological polar surface area (TPSA) is 49.8 Å². The van der Waals surface area contributed by atoms with Gasteiger partial charge in [0.05, 0.1) is 5.69 Å². The zero-order valence-electron chi connectivity index (χ0n) is 14.2. The molecule has 1 aromatic heterocycles. The maximum Gasteiger partial charge on any atom is 0.189 e. The SMILES string of the molecule is C.CSc1ncc(CNc2ccccc2F)c(NC2CCCC2)n1.[B]S. The van der Waals surface area contributed by atoms with Crippen LogP contribution < -0.4 is 10.6 Å². The predicted octanol–water partition coefficient (Wildman–Crippen LogP) is 4.94. The molecule has 0 spiro atoms. The van der Waals surface area contributed by atoms with Crippen molar-refractivity contribution in [2.24, 2.45) is 0 Å². The molecular weight excluding hydrogens is 366 g/mol. The average molecular weight is 392 g/mol. The summed E-state index contributed by atoms with van der Waals surface area (Å²) in [6.45, 7) is 0.491. The second-order valence-electron chi connectivity index (χ2n) is 5.69. The molecule has 0 aliphatic heterocycles. The molecule has 1 aliphatic carbocycles. The highest BCUT2D eigenvalue weighted by Gasteiger charge is 2.17. The van der Waals surface area contributed by atoms with Gasteiger partial charge in [-0.15, -0.1) is 0 Å². The van der Waals surface area contributed by atoms with Gasteiger partial charge in [-0.3, -0.25) is 0 Å². The lowest BCUT2D eigenvalue weighted by molar-refractivity contribution is 0.630. The molecule has 26 heavy (non-hydrogen) atoms. The van der Waals surface area contributed by atoms with Crippen molar-refractivity contribution in [3.8, 4) is 0 Å². The zero-order valence-corrected chi connectivity index (χ0v) is 15.9. The molecule has 2 radical (unpaired) electrons. The molecule has 140 valence electrons. The van der Waals surface area contributed by atoms with Crippen LogP contribution in [-0.4, -0.2) is 29.4 Å². The maximum absolute atomic E-state index is 13.7. The van der Waals surface area contributed by atoms with Crippen LogP contribution in [0.25, 0.3) is 0 Å². The minimum absolute atomic E-state index is 0. The van der Waals surface area contributed by atoms with Gasteiger partial charge >= 0.3 is 0 Å². The fourth-order valence-corrected chi connectivity index (χ4v) is 3.14. The summed E-state index contributed by atoms with van der Waals surface area (Å²) in [5.74, 6) is 0.611. The van der Waals surface area contributed by atoms with Gasteiger partial charge in [0.25, 0.3) is 0 Å². The second kappa shape index (κ2) is 12.1. The van der Waals surface area contributed by atoms with E-state index in [1.54, 1.807) is 12.1 Å². The molecule has 0 bridgehead atoms. The molecule has 2 N–H and O–H groups in total. The molecule has 3 rings (SSSR count). The van der Waals surface area contributed by atoms with Crippen LogP contribution in [0.15, 0.2) is 35.6 Å². The highest BCUT2D eigenvalue weighted by atomic mass is 32.2. The Kier molecular flexibility index (Phi) is 10.5. The summed E-state index contributed by atoms with van der Waals surface area (Å²) in [4.78, 5) is 8.94. The summed E-state index contributed by atoms with van der Waals surface area (Å²) in [6, 6.07) is 7.16. The number of thioether (sulfide) groups is 1. The van der Waals surface area contributed by atoms with Crippen molar-refractivity contribution in [1.82, 2.24) is 9.97 Å². The third-order valence-electron chi connectivity index (χ3n) is 4.06. The molecule has 1 heterocycles. The molecule has 2 aromatic rings. The molecule has 0 unspecified atom stereocenters. The first-order valence-corrected chi connectivity index (χ1v) is 9.91. The van der Waals surface area contributed by atoms with Gasteiger partial charge in [0.2, 0.25) is 0 Å². The summed E-state index contributed by atoms with van der Waals surface area (Å²) in [5.41, 5.74) is 1.45. The standard InChI is InChI=1S/C17H21FN4S.CH4.BHS/c1-23-17-20-11-12(10-19-15-9-5-4-8-14(15)18)16(22-17)21-13-6-2-3-7-13;;1-2/h4-5,8-9,11,13,19H,2-3,6-7,10H2,1H3,(H,20,21,22);1H4;2H. The molecule has 4 nitrogen and oxygen atoms in total. The van der Waals surface area contributed by atoms with E-state index in [1.807, 2.05) is 18.5 Å². The van der Waals surface area contributed by atoms with Crippen molar-refractivity contribution >= 4 is 42.9 Å². The van der Waals surface area contributed by atoms with Gasteiger partial charge < -0.3 is 10.6 Å². The van der Waals surface area contributed by atoms with Crippen LogP contribution in [0.5, 0.6) is 0 Å². The van der Waals surface area contributed by atoms with E-state index in [4.69, 9.17) is 0 Å². The van der Waals surface area contributed by atoms with E-state index >= 15 is 0 Å². The van der Waals surface area contributed by atoms with Crippen LogP contribution in [0.2, 0.25) is 0 Å². The van der Waals surface area contributed by atoms with Gasteiger partial charge in [-0.25, -0.2) is 26.8 Å². The summed E-state index contributed by atoms with van der Waals surface area (Å²) in [6.07, 6.45) is 8.68. The fourth-order valence-electron chi connectivity index (χ4n) is 2.80. The van der Waals surface area contributed by atoms with Gasteiger partial charge in [-0.1, -0.05) is 44.2 Å². The van der Waals surface area contributed by atoms with Crippen molar-refractivity contribution in [2.45, 2.75) is 50.9 Å². The van der Waals surface area contributed by atoms with Crippen molar-refractivity contribution in [3.63, 3.8) is 0 Å². The van der Waals surface area contributed by atoms with Crippen LogP contribution in [0.4, 0.5) is 15.9 Å². The van der Waals surface area contributed by atoms with Crippen LogP contribution in [0, 0.1) is 5.82 Å². The summed E-state index contributed by atoms with van der Waals surface area (Å²) in [5, 5.41) is 7.42. The number of anilines is 2. The minimum atomic E-state index is -0.251. The Bertz CT molecular complexity index is 669. The lowest BCUT2D eigenvalue weighted by atomic mass is 10.2. The van der Waals surface area contributed by atoms with Crippen LogP contribution in [0.1, 0.15) is 38.7 Å². The maximum atomic E-state index is 13.7. The third-order valence-corrected chi connectivity index (χ3v) is 4.63. The molecule has 1 saturated carbocycles. The van der Waals surface area contributed by atoms with E-state index < -0.39 is 0 Å². The number of halogens is 1. The lowest BCUT2D eigenvalue weighted by Gasteiger charge is -2.17. The molecule has 0 amide bonds. The van der Waals surface area contributed by atoms with Crippen LogP contribution in [0.3, 0.4) is 0 Å². The summed E-state index contributed by atoms with van der Waals surface area (Å²) in [7, 11) is 4.19. The van der Waals surface area contributed by atoms with Crippen molar-refractivity contribution in [1.29, 1.82) is 0 Å². The third kappa shape index (κ3) is 6.39. The Morgan fingerprint density at radius 3 is 2.62 bits per heavy atom. The second-order valence-corrected chi connectivity index (χ2v) is 6.46. The monoisotopic (exact) mass is 392 g/mol. The number of rotatable bonds is 6. The van der Waals surface area contributed by atoms with Crippen molar-refractivity contribution in [2.75, 3.05) is 16.9 Å². The van der Waals surface area contributed by atoms with E-state index in [2.05, 4.69) is 40.2 Å². The first kappa shape index (κ1) is 22.6. The summed E-state index contributed by atoms with van der Waals surface area (Å²) >= 11 is 4.55. The van der Waals surface area contributed by atoms with E-state index in [9.17, 15) is 4.39 Å². The molecule has 0 atom stereocenters. The molecule has 8 heteroatoms. The fraction of sp³-hybridized carbons (Fsp3) is 0.444. The largest absolute Gasteiger partial charge is 0.378 e. The zero-order chi connectivity index (χ0) is 18.1. The molecule has 1 aromatic carbocycles. The lowest BCUT2D eigenvalue weighted by Crippen LogP contribution is -2.18. The summed E-state index contributed by atoms with van der Waals surface area (Å²) < 4.78 is 13.7. The number of hydrogen-bond acceptors (Lipinski definition) is 6. The Morgan fingerprint density at radius 1 is 1.27 bits per heavy atom. The first-order valence-electron chi connectivity index (χ1n) is 8.17. The molecule has 1 aliphatic rings. The van der Waals surface area contributed by atoms with E-state index in [-0.39, 0.29) is 13.2 Å². The number of thiol groups is 1. The number of nitrogens with one attached hydrogen (secondary N) is 2. The van der Waals surface area contributed by atoms with Gasteiger partial charge in [0.1, 0.15) is 11.6 Å². The Hall–Kier alpha value is -1.41. The number of benzene rings is 1. The van der Waals surface area contributed by atoms with Crippen LogP contribution >= 0.6 is 24.2 Å². The highest BCUT2D eigenvalue weighted by molar-refractivity contribution is 8.03. The Balaban J connectivity index is 0.00000109. The first-order chi connectivity index (χ1) is 12.3. The Morgan fingerprint density at radius 2 is 1.96 bits per heavy atom. The van der Waals surface area contributed by atoms with Gasteiger partial charge in [-0.05, 0) is 31.2 Å². The normalized spacial score (nSPS) is 13.3. The number of para-hydroxylation sites is 1. The number of aromatic nitrogens is 2. The minimum Gasteiger partial charge on any atom is -0.378 e. The highest BCUT2D eigenvalue weighted by Crippen LogP contribution is 2.25. The molecule has 1 fully saturated rings. The average Bonchev–Trinajstić information content (AvgIpc) is 3.16. The Labute approximate surface area is 166 Å². The van der Waals surface area contributed by atoms with Gasteiger partial charge in [0, 0.05) is 24.3 Å². The van der Waals surface area contributed by atoms with Crippen LogP contribution in [-0.2, 0) is 6.54 Å². The van der Waals surface area contributed by atoms with Crippen molar-refractivity contribution in [3.05, 3.63) is 41.8 Å². The van der Waals surface area contributed by atoms with E-state index in [0.29, 0.717) is 18.3 Å². The van der Waals surface area contributed by atoms with Crippen molar-refractivity contribution < 1.29 is 4.39 Å². The van der Waals surface area contributed by atoms with Gasteiger partial charge in [0.15, 0.2) is 12.3 Å². The van der Waals surface area contributed by atoms with E-state index in [0.717, 1.165) is 16.5 Å². The quantitative estimate of drug-likeness (QED) is 0.281. The number of nitrogens with zero attached hydrogens (tertiary/aromatic N) is 2. The number of hydrogen-bond donors (Lipinski definition) is 3. The van der Waals surface area contributed by atoms with Gasteiger partial charge in [-0.2, -0.15) is 0 Å². The smallest absolute Gasteiger partial charge is 0.189 e. The predicted molar refractivity (Wildman–Crippen MR) is 115 cm³/mol. The molecular formula is C18H26BFN4S2.